The van der Waals surface area contributed by atoms with Gasteiger partial charge in [-0.2, -0.15) is 0 Å². The molecule has 3 atom stereocenters. The number of hydrogen-bond donors (Lipinski definition) is 3. The van der Waals surface area contributed by atoms with E-state index in [2.05, 4.69) is 20.9 Å². The van der Waals surface area contributed by atoms with Gasteiger partial charge in [0.25, 0.3) is 0 Å². The Morgan fingerprint density at radius 3 is 2.82 bits per heavy atom. The van der Waals surface area contributed by atoms with Crippen molar-refractivity contribution >= 4 is 6.03 Å². The van der Waals surface area contributed by atoms with E-state index in [4.69, 9.17) is 4.74 Å². The number of urea groups is 1. The SMILES string of the molecule is CC(C)NC(=O)N[C@@H]1CC[C@H](CCn2cc(-c3ccccc3)nn2)O[C@@H]1CO. The predicted octanol–water partition coefficient (Wildman–Crippen LogP) is 1.95. The number of carbonyl (C=O) groups excluding carboxylic acids is 1. The van der Waals surface area contributed by atoms with E-state index in [9.17, 15) is 9.90 Å². The largest absolute Gasteiger partial charge is 0.394 e. The number of nitrogens with zero attached hydrogens (tertiary/aromatic N) is 3. The Morgan fingerprint density at radius 2 is 2.11 bits per heavy atom. The zero-order valence-electron chi connectivity index (χ0n) is 16.4. The summed E-state index contributed by atoms with van der Waals surface area (Å²) in [5.74, 6) is 0. The zero-order chi connectivity index (χ0) is 19.9. The molecule has 152 valence electrons. The molecule has 0 bridgehead atoms. The van der Waals surface area contributed by atoms with E-state index in [0.29, 0.717) is 6.54 Å². The van der Waals surface area contributed by atoms with Crippen LogP contribution in [-0.2, 0) is 11.3 Å². The molecule has 28 heavy (non-hydrogen) atoms. The van der Waals surface area contributed by atoms with Gasteiger partial charge in [0, 0.05) is 18.2 Å². The maximum absolute atomic E-state index is 11.9. The van der Waals surface area contributed by atoms with E-state index in [-0.39, 0.29) is 30.8 Å². The molecule has 2 aromatic rings. The second-order valence-electron chi connectivity index (χ2n) is 7.46. The van der Waals surface area contributed by atoms with Crippen LogP contribution < -0.4 is 10.6 Å². The first-order valence-electron chi connectivity index (χ1n) is 9.84. The Labute approximate surface area is 165 Å². The molecule has 0 spiro atoms. The molecule has 1 saturated heterocycles. The van der Waals surface area contributed by atoms with Crippen LogP contribution in [-0.4, -0.2) is 57.0 Å². The van der Waals surface area contributed by atoms with Gasteiger partial charge < -0.3 is 20.5 Å². The van der Waals surface area contributed by atoms with Crippen LogP contribution in [0.3, 0.4) is 0 Å². The third-order valence-corrected chi connectivity index (χ3v) is 4.82. The van der Waals surface area contributed by atoms with Crippen molar-refractivity contribution in [3.63, 3.8) is 0 Å². The number of aryl methyl sites for hydroxylation is 1. The number of aromatic nitrogens is 3. The van der Waals surface area contributed by atoms with Crippen LogP contribution in [0.4, 0.5) is 4.79 Å². The molecule has 3 N–H and O–H groups in total. The molecule has 0 unspecified atom stereocenters. The Bertz CT molecular complexity index is 749. The number of aliphatic hydroxyl groups is 1. The van der Waals surface area contributed by atoms with Crippen LogP contribution in [0.25, 0.3) is 11.3 Å². The maximum Gasteiger partial charge on any atom is 0.315 e. The normalized spacial score (nSPS) is 22.2. The van der Waals surface area contributed by atoms with Gasteiger partial charge in [0.1, 0.15) is 11.8 Å². The Hall–Kier alpha value is -2.45. The minimum Gasteiger partial charge on any atom is -0.394 e. The molecular formula is C20H29N5O3. The minimum atomic E-state index is -0.396. The topological polar surface area (TPSA) is 101 Å². The van der Waals surface area contributed by atoms with Crippen molar-refractivity contribution in [1.29, 1.82) is 0 Å². The average Bonchev–Trinajstić information content (AvgIpc) is 3.16. The van der Waals surface area contributed by atoms with Gasteiger partial charge in [0.2, 0.25) is 0 Å². The Balaban J connectivity index is 1.49. The molecule has 0 saturated carbocycles. The third kappa shape index (κ3) is 5.53. The average molecular weight is 387 g/mol. The fourth-order valence-corrected chi connectivity index (χ4v) is 3.41. The van der Waals surface area contributed by atoms with Gasteiger partial charge in [-0.15, -0.1) is 5.10 Å². The van der Waals surface area contributed by atoms with E-state index in [1.54, 1.807) is 0 Å². The van der Waals surface area contributed by atoms with Crippen molar-refractivity contribution in [1.82, 2.24) is 25.6 Å². The second kappa shape index (κ2) is 9.66. The van der Waals surface area contributed by atoms with E-state index >= 15 is 0 Å². The fraction of sp³-hybridized carbons (Fsp3) is 0.550. The number of amides is 2. The summed E-state index contributed by atoms with van der Waals surface area (Å²) in [6, 6.07) is 9.59. The number of aliphatic hydroxyl groups excluding tert-OH is 1. The molecule has 0 aliphatic carbocycles. The van der Waals surface area contributed by atoms with E-state index < -0.39 is 6.10 Å². The van der Waals surface area contributed by atoms with Gasteiger partial charge in [-0.3, -0.25) is 4.68 Å². The molecule has 8 nitrogen and oxygen atoms in total. The van der Waals surface area contributed by atoms with Crippen LogP contribution in [0, 0.1) is 0 Å². The number of hydrogen-bond acceptors (Lipinski definition) is 5. The molecule has 2 amide bonds. The highest BCUT2D eigenvalue weighted by Crippen LogP contribution is 2.23. The minimum absolute atomic E-state index is 0.0211. The van der Waals surface area contributed by atoms with Crippen molar-refractivity contribution in [3.05, 3.63) is 36.5 Å². The van der Waals surface area contributed by atoms with Gasteiger partial charge in [0.05, 0.1) is 24.9 Å². The summed E-state index contributed by atoms with van der Waals surface area (Å²) in [5, 5.41) is 23.8. The summed E-state index contributed by atoms with van der Waals surface area (Å²) in [6.07, 6.45) is 3.93. The van der Waals surface area contributed by atoms with Crippen molar-refractivity contribution < 1.29 is 14.6 Å². The second-order valence-corrected chi connectivity index (χ2v) is 7.46. The molecular weight excluding hydrogens is 358 g/mol. The van der Waals surface area contributed by atoms with Crippen LogP contribution in [0.15, 0.2) is 36.5 Å². The lowest BCUT2D eigenvalue weighted by Gasteiger charge is -2.36. The van der Waals surface area contributed by atoms with Crippen molar-refractivity contribution in [2.45, 2.75) is 63.9 Å². The van der Waals surface area contributed by atoms with Crippen LogP contribution in [0.1, 0.15) is 33.1 Å². The van der Waals surface area contributed by atoms with Crippen molar-refractivity contribution in [2.75, 3.05) is 6.61 Å². The quantitative estimate of drug-likeness (QED) is 0.674. The monoisotopic (exact) mass is 387 g/mol. The molecule has 8 heteroatoms. The molecule has 1 aromatic carbocycles. The first-order chi connectivity index (χ1) is 13.5. The van der Waals surface area contributed by atoms with E-state index in [0.717, 1.165) is 30.5 Å². The summed E-state index contributed by atoms with van der Waals surface area (Å²) in [7, 11) is 0. The standard InChI is InChI=1S/C20H29N5O3/c1-14(2)21-20(27)22-17-9-8-16(28-19(17)13-26)10-11-25-12-18(23-24-25)15-6-4-3-5-7-15/h3-7,12,14,16-17,19,26H,8-11,13H2,1-2H3,(H2,21,22,27)/t16-,17-,19-/m1/s1. The highest BCUT2D eigenvalue weighted by atomic mass is 16.5. The first kappa shape index (κ1) is 20.3. The first-order valence-corrected chi connectivity index (χ1v) is 9.84. The van der Waals surface area contributed by atoms with Gasteiger partial charge in [-0.1, -0.05) is 35.5 Å². The molecule has 2 heterocycles. The Kier molecular flexibility index (Phi) is 7.00. The number of benzene rings is 1. The number of carbonyl (C=O) groups is 1. The fourth-order valence-electron chi connectivity index (χ4n) is 3.41. The summed E-state index contributed by atoms with van der Waals surface area (Å²) in [4.78, 5) is 11.9. The lowest BCUT2D eigenvalue weighted by Crippen LogP contribution is -2.54. The van der Waals surface area contributed by atoms with Crippen molar-refractivity contribution in [2.24, 2.45) is 0 Å². The molecule has 1 aliphatic heterocycles. The van der Waals surface area contributed by atoms with Gasteiger partial charge in [-0.05, 0) is 33.1 Å². The molecule has 1 aromatic heterocycles. The lowest BCUT2D eigenvalue weighted by atomic mass is 9.97. The summed E-state index contributed by atoms with van der Waals surface area (Å²) in [6.45, 7) is 4.38. The number of nitrogens with one attached hydrogen (secondary N) is 2. The summed E-state index contributed by atoms with van der Waals surface area (Å²) >= 11 is 0. The predicted molar refractivity (Wildman–Crippen MR) is 106 cm³/mol. The lowest BCUT2D eigenvalue weighted by molar-refractivity contribution is -0.0908. The van der Waals surface area contributed by atoms with Crippen molar-refractivity contribution in [3.8, 4) is 11.3 Å². The molecule has 1 aliphatic rings. The van der Waals surface area contributed by atoms with Crippen LogP contribution in [0.2, 0.25) is 0 Å². The molecule has 3 rings (SSSR count). The zero-order valence-corrected chi connectivity index (χ0v) is 16.4. The van der Waals surface area contributed by atoms with E-state index in [1.165, 1.54) is 0 Å². The molecule has 0 radical (unpaired) electrons. The molecule has 1 fully saturated rings. The smallest absolute Gasteiger partial charge is 0.315 e. The number of rotatable bonds is 7. The van der Waals surface area contributed by atoms with E-state index in [1.807, 2.05) is 55.1 Å². The Morgan fingerprint density at radius 1 is 1.32 bits per heavy atom. The highest BCUT2D eigenvalue weighted by molar-refractivity contribution is 5.74. The van der Waals surface area contributed by atoms with Gasteiger partial charge >= 0.3 is 6.03 Å². The van der Waals surface area contributed by atoms with Crippen LogP contribution in [0.5, 0.6) is 0 Å². The van der Waals surface area contributed by atoms with Gasteiger partial charge in [-0.25, -0.2) is 4.79 Å². The summed E-state index contributed by atoms with van der Waals surface area (Å²) in [5.41, 5.74) is 1.88. The summed E-state index contributed by atoms with van der Waals surface area (Å²) < 4.78 is 7.83. The van der Waals surface area contributed by atoms with Crippen LogP contribution >= 0.6 is 0 Å². The van der Waals surface area contributed by atoms with Gasteiger partial charge in [0.15, 0.2) is 0 Å². The number of ether oxygens (including phenoxy) is 1. The third-order valence-electron chi connectivity index (χ3n) is 4.82. The highest BCUT2D eigenvalue weighted by Gasteiger charge is 2.31. The maximum atomic E-state index is 11.9.